The predicted molar refractivity (Wildman–Crippen MR) is 62.9 cm³/mol. The molecule has 0 saturated heterocycles. The van der Waals surface area contributed by atoms with Gasteiger partial charge in [0.05, 0.1) is 0 Å². The summed E-state index contributed by atoms with van der Waals surface area (Å²) in [6.07, 6.45) is 0. The molecule has 0 aromatic heterocycles. The maximum absolute atomic E-state index is 5.91. The van der Waals surface area contributed by atoms with Crippen molar-refractivity contribution < 1.29 is 0 Å². The molecule has 0 amide bonds. The topological polar surface area (TPSA) is 29.3 Å². The molecule has 0 fully saturated rings. The number of nitrogens with zero attached hydrogens (tertiary/aromatic N) is 1. The molecule has 0 saturated carbocycles. The molecule has 14 heavy (non-hydrogen) atoms. The van der Waals surface area contributed by atoms with Crippen molar-refractivity contribution in [2.75, 3.05) is 25.0 Å². The molecule has 0 heterocycles. The number of halogens is 1. The highest BCUT2D eigenvalue weighted by Gasteiger charge is 2.05. The molecule has 1 aromatic carbocycles. The third kappa shape index (κ3) is 3.20. The van der Waals surface area contributed by atoms with Crippen molar-refractivity contribution >= 4 is 17.3 Å². The van der Waals surface area contributed by atoms with E-state index in [1.165, 1.54) is 0 Å². The summed E-state index contributed by atoms with van der Waals surface area (Å²) in [4.78, 5) is 2.17. The minimum absolute atomic E-state index is 0.499. The summed E-state index contributed by atoms with van der Waals surface area (Å²) in [5.41, 5.74) is 6.71. The van der Waals surface area contributed by atoms with Gasteiger partial charge >= 0.3 is 0 Å². The van der Waals surface area contributed by atoms with Gasteiger partial charge in [0.25, 0.3) is 0 Å². The Bertz CT molecular complexity index is 288. The normalized spacial score (nSPS) is 12.6. The lowest BCUT2D eigenvalue weighted by Crippen LogP contribution is -2.28. The fraction of sp³-hybridized carbons (Fsp3) is 0.455. The summed E-state index contributed by atoms with van der Waals surface area (Å²) in [5.74, 6) is 0.499. The fourth-order valence-corrected chi connectivity index (χ4v) is 1.55. The molecule has 3 heteroatoms. The van der Waals surface area contributed by atoms with Crippen molar-refractivity contribution in [3.05, 3.63) is 29.3 Å². The first kappa shape index (κ1) is 11.3. The predicted octanol–water partition coefficient (Wildman–Crippen LogP) is 2.37. The summed E-state index contributed by atoms with van der Waals surface area (Å²) in [6.45, 7) is 3.81. The Balaban J connectivity index is 2.64. The Morgan fingerprint density at radius 2 is 2.21 bits per heavy atom. The van der Waals surface area contributed by atoms with Crippen LogP contribution < -0.4 is 10.6 Å². The molecule has 0 aliphatic rings. The van der Waals surface area contributed by atoms with Crippen molar-refractivity contribution in [2.24, 2.45) is 11.7 Å². The van der Waals surface area contributed by atoms with Crippen molar-refractivity contribution in [1.29, 1.82) is 0 Å². The fourth-order valence-electron chi connectivity index (χ4n) is 1.36. The van der Waals surface area contributed by atoms with E-state index in [9.17, 15) is 0 Å². The Morgan fingerprint density at radius 3 is 2.79 bits per heavy atom. The highest BCUT2D eigenvalue weighted by molar-refractivity contribution is 6.30. The lowest BCUT2D eigenvalue weighted by Gasteiger charge is -2.22. The minimum Gasteiger partial charge on any atom is -0.374 e. The van der Waals surface area contributed by atoms with Gasteiger partial charge in [-0.05, 0) is 30.7 Å². The van der Waals surface area contributed by atoms with E-state index in [-0.39, 0.29) is 0 Å². The second-order valence-corrected chi connectivity index (χ2v) is 4.14. The second kappa shape index (κ2) is 5.23. The third-order valence-electron chi connectivity index (χ3n) is 2.24. The Hall–Kier alpha value is -0.730. The lowest BCUT2D eigenvalue weighted by molar-refractivity contribution is 0.590. The molecule has 1 atom stereocenters. The number of rotatable bonds is 4. The molecule has 2 nitrogen and oxygen atoms in total. The van der Waals surface area contributed by atoms with E-state index in [0.29, 0.717) is 12.5 Å². The summed E-state index contributed by atoms with van der Waals surface area (Å²) in [5, 5.41) is 0.773. The Labute approximate surface area is 90.7 Å². The van der Waals surface area contributed by atoms with Crippen LogP contribution in [0.5, 0.6) is 0 Å². The average molecular weight is 213 g/mol. The smallest absolute Gasteiger partial charge is 0.0426 e. The third-order valence-corrected chi connectivity index (χ3v) is 2.47. The monoisotopic (exact) mass is 212 g/mol. The van der Waals surface area contributed by atoms with Gasteiger partial charge in [-0.3, -0.25) is 0 Å². The van der Waals surface area contributed by atoms with Crippen molar-refractivity contribution in [3.63, 3.8) is 0 Å². The van der Waals surface area contributed by atoms with Crippen LogP contribution in [0.3, 0.4) is 0 Å². The van der Waals surface area contributed by atoms with Crippen molar-refractivity contribution in [3.8, 4) is 0 Å². The van der Waals surface area contributed by atoms with E-state index in [1.807, 2.05) is 18.2 Å². The van der Waals surface area contributed by atoms with Crippen LogP contribution in [0.4, 0.5) is 5.69 Å². The SMILES string of the molecule is CC(CN)CN(C)c1cccc(Cl)c1. The van der Waals surface area contributed by atoms with Crippen molar-refractivity contribution in [1.82, 2.24) is 0 Å². The zero-order chi connectivity index (χ0) is 10.6. The van der Waals surface area contributed by atoms with Crippen LogP contribution in [-0.2, 0) is 0 Å². The molecular weight excluding hydrogens is 196 g/mol. The maximum atomic E-state index is 5.91. The van der Waals surface area contributed by atoms with Gasteiger partial charge in [-0.15, -0.1) is 0 Å². The van der Waals surface area contributed by atoms with Crippen LogP contribution in [0, 0.1) is 5.92 Å². The van der Waals surface area contributed by atoms with E-state index >= 15 is 0 Å². The first-order valence-corrected chi connectivity index (χ1v) is 5.18. The first-order valence-electron chi connectivity index (χ1n) is 4.80. The zero-order valence-corrected chi connectivity index (χ0v) is 9.46. The summed E-state index contributed by atoms with van der Waals surface area (Å²) >= 11 is 5.91. The van der Waals surface area contributed by atoms with E-state index < -0.39 is 0 Å². The Kier molecular flexibility index (Phi) is 4.23. The van der Waals surface area contributed by atoms with Gasteiger partial charge in [0, 0.05) is 24.3 Å². The minimum atomic E-state index is 0.499. The Morgan fingerprint density at radius 1 is 1.50 bits per heavy atom. The molecule has 0 aliphatic carbocycles. The number of anilines is 1. The number of hydrogen-bond donors (Lipinski definition) is 1. The van der Waals surface area contributed by atoms with Gasteiger partial charge in [-0.25, -0.2) is 0 Å². The van der Waals surface area contributed by atoms with E-state index in [2.05, 4.69) is 24.9 Å². The molecule has 78 valence electrons. The molecule has 1 unspecified atom stereocenters. The van der Waals surface area contributed by atoms with Gasteiger partial charge in [-0.2, -0.15) is 0 Å². The molecule has 0 aliphatic heterocycles. The van der Waals surface area contributed by atoms with Crippen LogP contribution in [0.2, 0.25) is 5.02 Å². The van der Waals surface area contributed by atoms with Crippen LogP contribution >= 0.6 is 11.6 Å². The molecule has 0 spiro atoms. The molecule has 1 rings (SSSR count). The van der Waals surface area contributed by atoms with Crippen LogP contribution in [-0.4, -0.2) is 20.1 Å². The largest absolute Gasteiger partial charge is 0.374 e. The second-order valence-electron chi connectivity index (χ2n) is 3.70. The van der Waals surface area contributed by atoms with Crippen molar-refractivity contribution in [2.45, 2.75) is 6.92 Å². The molecule has 1 aromatic rings. The quantitative estimate of drug-likeness (QED) is 0.831. The lowest BCUT2D eigenvalue weighted by atomic mass is 10.1. The van der Waals surface area contributed by atoms with E-state index in [1.54, 1.807) is 0 Å². The van der Waals surface area contributed by atoms with Gasteiger partial charge < -0.3 is 10.6 Å². The maximum Gasteiger partial charge on any atom is 0.0426 e. The molecule has 0 bridgehead atoms. The number of hydrogen-bond acceptors (Lipinski definition) is 2. The zero-order valence-electron chi connectivity index (χ0n) is 8.70. The highest BCUT2D eigenvalue weighted by Crippen LogP contribution is 2.18. The van der Waals surface area contributed by atoms with Crippen LogP contribution in [0.25, 0.3) is 0 Å². The van der Waals surface area contributed by atoms with E-state index in [4.69, 9.17) is 17.3 Å². The molecule has 2 N–H and O–H groups in total. The summed E-state index contributed by atoms with van der Waals surface area (Å²) < 4.78 is 0. The molecular formula is C11H17ClN2. The summed E-state index contributed by atoms with van der Waals surface area (Å²) in [7, 11) is 2.05. The number of benzene rings is 1. The summed E-state index contributed by atoms with van der Waals surface area (Å²) in [6, 6.07) is 7.85. The van der Waals surface area contributed by atoms with Gasteiger partial charge in [0.2, 0.25) is 0 Å². The van der Waals surface area contributed by atoms with Crippen LogP contribution in [0.1, 0.15) is 6.92 Å². The highest BCUT2D eigenvalue weighted by atomic mass is 35.5. The van der Waals surface area contributed by atoms with Gasteiger partial charge in [0.15, 0.2) is 0 Å². The van der Waals surface area contributed by atoms with Crippen LogP contribution in [0.15, 0.2) is 24.3 Å². The van der Waals surface area contributed by atoms with E-state index in [0.717, 1.165) is 17.3 Å². The average Bonchev–Trinajstić information content (AvgIpc) is 2.17. The standard InChI is InChI=1S/C11H17ClN2/c1-9(7-13)8-14(2)11-5-3-4-10(12)6-11/h3-6,9H,7-8,13H2,1-2H3. The number of nitrogens with two attached hydrogens (primary N) is 1. The van der Waals surface area contributed by atoms with Gasteiger partial charge in [-0.1, -0.05) is 24.6 Å². The van der Waals surface area contributed by atoms with Gasteiger partial charge in [0.1, 0.15) is 0 Å². The first-order chi connectivity index (χ1) is 6.63. The molecule has 0 radical (unpaired) electrons.